The van der Waals surface area contributed by atoms with E-state index in [9.17, 15) is 4.79 Å². The van der Waals surface area contributed by atoms with E-state index in [1.165, 1.54) is 0 Å². The summed E-state index contributed by atoms with van der Waals surface area (Å²) >= 11 is 5.96. The third kappa shape index (κ3) is 2.43. The molecule has 2 heterocycles. The van der Waals surface area contributed by atoms with Gasteiger partial charge in [-0.2, -0.15) is 10.2 Å². The lowest BCUT2D eigenvalue weighted by molar-refractivity contribution is -0.119. The van der Waals surface area contributed by atoms with Crippen molar-refractivity contribution in [2.24, 2.45) is 7.05 Å². The maximum atomic E-state index is 12.3. The molecule has 20 heavy (non-hydrogen) atoms. The summed E-state index contributed by atoms with van der Waals surface area (Å²) in [6.07, 6.45) is 1.54. The first-order valence-electron chi connectivity index (χ1n) is 6.33. The standard InChI is InChI=1S/C13H18ClN5O/c1-7-12(9(3)18(5)17-7)16-13(20)10(4)19-8(2)11(14)6-15-19/h6,10H,1-5H3,(H,16,20)/t10-/m1/s1. The molecule has 7 heteroatoms. The van der Waals surface area contributed by atoms with Gasteiger partial charge in [0, 0.05) is 7.05 Å². The van der Waals surface area contributed by atoms with Gasteiger partial charge in [0.15, 0.2) is 0 Å². The first-order valence-corrected chi connectivity index (χ1v) is 6.71. The predicted molar refractivity (Wildman–Crippen MR) is 78.0 cm³/mol. The monoisotopic (exact) mass is 295 g/mol. The molecule has 0 saturated heterocycles. The average molecular weight is 296 g/mol. The van der Waals surface area contributed by atoms with E-state index in [1.807, 2.05) is 27.8 Å². The first-order chi connectivity index (χ1) is 9.32. The minimum atomic E-state index is -0.443. The third-order valence-corrected chi connectivity index (χ3v) is 3.86. The molecule has 1 atom stereocenters. The minimum Gasteiger partial charge on any atom is -0.321 e. The summed E-state index contributed by atoms with van der Waals surface area (Å²) in [6, 6.07) is -0.443. The molecule has 2 rings (SSSR count). The summed E-state index contributed by atoms with van der Waals surface area (Å²) in [5.74, 6) is -0.146. The Labute approximate surface area is 122 Å². The van der Waals surface area contributed by atoms with Crippen LogP contribution in [0.15, 0.2) is 6.20 Å². The summed E-state index contributed by atoms with van der Waals surface area (Å²) in [7, 11) is 1.85. The Morgan fingerprint density at radius 2 is 2.00 bits per heavy atom. The van der Waals surface area contributed by atoms with Crippen molar-refractivity contribution >= 4 is 23.2 Å². The number of anilines is 1. The van der Waals surface area contributed by atoms with Crippen LogP contribution in [-0.4, -0.2) is 25.5 Å². The molecular weight excluding hydrogens is 278 g/mol. The van der Waals surface area contributed by atoms with E-state index in [-0.39, 0.29) is 5.91 Å². The van der Waals surface area contributed by atoms with Gasteiger partial charge in [-0.05, 0) is 27.7 Å². The van der Waals surface area contributed by atoms with E-state index in [2.05, 4.69) is 15.5 Å². The van der Waals surface area contributed by atoms with E-state index in [0.717, 1.165) is 22.8 Å². The number of amides is 1. The number of nitrogens with one attached hydrogen (secondary N) is 1. The molecule has 0 saturated carbocycles. The van der Waals surface area contributed by atoms with Crippen molar-refractivity contribution in [2.45, 2.75) is 33.7 Å². The molecule has 2 aromatic rings. The van der Waals surface area contributed by atoms with Crippen LogP contribution in [0.25, 0.3) is 0 Å². The van der Waals surface area contributed by atoms with Crippen LogP contribution >= 0.6 is 11.6 Å². The van der Waals surface area contributed by atoms with Gasteiger partial charge in [0.2, 0.25) is 5.91 Å². The lowest BCUT2D eigenvalue weighted by atomic mass is 10.2. The molecular formula is C13H18ClN5O. The number of halogens is 1. The van der Waals surface area contributed by atoms with Gasteiger partial charge in [-0.1, -0.05) is 11.6 Å². The van der Waals surface area contributed by atoms with Crippen molar-refractivity contribution in [3.8, 4) is 0 Å². The summed E-state index contributed by atoms with van der Waals surface area (Å²) in [5.41, 5.74) is 3.23. The van der Waals surface area contributed by atoms with Crippen molar-refractivity contribution in [2.75, 3.05) is 5.32 Å². The number of nitrogens with zero attached hydrogens (tertiary/aromatic N) is 4. The highest BCUT2D eigenvalue weighted by Gasteiger charge is 2.21. The highest BCUT2D eigenvalue weighted by molar-refractivity contribution is 6.31. The Morgan fingerprint density at radius 1 is 1.35 bits per heavy atom. The molecule has 6 nitrogen and oxygen atoms in total. The van der Waals surface area contributed by atoms with Crippen molar-refractivity contribution in [3.05, 3.63) is 28.3 Å². The molecule has 0 bridgehead atoms. The van der Waals surface area contributed by atoms with Gasteiger partial charge >= 0.3 is 0 Å². The van der Waals surface area contributed by atoms with Crippen LogP contribution in [0.2, 0.25) is 5.02 Å². The normalized spacial score (nSPS) is 12.5. The second kappa shape index (κ2) is 5.28. The fourth-order valence-corrected chi connectivity index (χ4v) is 2.22. The van der Waals surface area contributed by atoms with Gasteiger partial charge in [0.1, 0.15) is 6.04 Å². The van der Waals surface area contributed by atoms with Gasteiger partial charge in [-0.15, -0.1) is 0 Å². The Morgan fingerprint density at radius 3 is 2.45 bits per heavy atom. The van der Waals surface area contributed by atoms with Crippen LogP contribution in [0.5, 0.6) is 0 Å². The lowest BCUT2D eigenvalue weighted by Crippen LogP contribution is -2.25. The Kier molecular flexibility index (Phi) is 3.85. The Bertz CT molecular complexity index is 658. The van der Waals surface area contributed by atoms with Crippen molar-refractivity contribution < 1.29 is 4.79 Å². The number of rotatable bonds is 3. The van der Waals surface area contributed by atoms with Gasteiger partial charge in [-0.25, -0.2) is 0 Å². The quantitative estimate of drug-likeness (QED) is 0.945. The highest BCUT2D eigenvalue weighted by atomic mass is 35.5. The number of hydrogen-bond donors (Lipinski definition) is 1. The largest absolute Gasteiger partial charge is 0.321 e. The summed E-state index contributed by atoms with van der Waals surface area (Å²) in [6.45, 7) is 7.39. The summed E-state index contributed by atoms with van der Waals surface area (Å²) in [5, 5.41) is 11.9. The lowest BCUT2D eigenvalue weighted by Gasteiger charge is -2.14. The Hall–Kier alpha value is -1.82. The van der Waals surface area contributed by atoms with Crippen LogP contribution in [-0.2, 0) is 11.8 Å². The maximum Gasteiger partial charge on any atom is 0.249 e. The smallest absolute Gasteiger partial charge is 0.249 e. The number of aryl methyl sites for hydroxylation is 2. The molecule has 108 valence electrons. The summed E-state index contributed by atoms with van der Waals surface area (Å²) < 4.78 is 3.35. The first kappa shape index (κ1) is 14.6. The van der Waals surface area contributed by atoms with E-state index >= 15 is 0 Å². The molecule has 0 aliphatic carbocycles. The fourth-order valence-electron chi connectivity index (χ4n) is 2.09. The number of aromatic nitrogens is 4. The predicted octanol–water partition coefficient (Wildman–Crippen LogP) is 2.39. The zero-order valence-electron chi connectivity index (χ0n) is 12.2. The van der Waals surface area contributed by atoms with Crippen LogP contribution in [0.4, 0.5) is 5.69 Å². The fraction of sp³-hybridized carbons (Fsp3) is 0.462. The number of carbonyl (C=O) groups is 1. The molecule has 1 amide bonds. The van der Waals surface area contributed by atoms with Crippen molar-refractivity contribution in [1.29, 1.82) is 0 Å². The molecule has 0 aliphatic rings. The topological polar surface area (TPSA) is 64.7 Å². The van der Waals surface area contributed by atoms with Crippen molar-refractivity contribution in [3.63, 3.8) is 0 Å². The molecule has 0 spiro atoms. The second-order valence-corrected chi connectivity index (χ2v) is 5.26. The molecule has 1 N–H and O–H groups in total. The minimum absolute atomic E-state index is 0.146. The zero-order valence-corrected chi connectivity index (χ0v) is 13.0. The van der Waals surface area contributed by atoms with Crippen LogP contribution < -0.4 is 5.32 Å². The molecule has 0 radical (unpaired) electrons. The van der Waals surface area contributed by atoms with E-state index < -0.39 is 6.04 Å². The SMILES string of the molecule is Cc1nn(C)c(C)c1NC(=O)[C@@H](C)n1ncc(Cl)c1C. The summed E-state index contributed by atoms with van der Waals surface area (Å²) in [4.78, 5) is 12.3. The van der Waals surface area contributed by atoms with Gasteiger partial charge in [0.05, 0.1) is 34.0 Å². The maximum absolute atomic E-state index is 12.3. The van der Waals surface area contributed by atoms with Crippen LogP contribution in [0.1, 0.15) is 30.0 Å². The van der Waals surface area contributed by atoms with Crippen LogP contribution in [0, 0.1) is 20.8 Å². The van der Waals surface area contributed by atoms with Gasteiger partial charge < -0.3 is 5.32 Å². The van der Waals surface area contributed by atoms with E-state index in [4.69, 9.17) is 11.6 Å². The van der Waals surface area contributed by atoms with Gasteiger partial charge in [0.25, 0.3) is 0 Å². The van der Waals surface area contributed by atoms with Gasteiger partial charge in [-0.3, -0.25) is 14.2 Å². The van der Waals surface area contributed by atoms with E-state index in [1.54, 1.807) is 22.5 Å². The molecule has 0 aromatic carbocycles. The number of carbonyl (C=O) groups excluding carboxylic acids is 1. The Balaban J connectivity index is 2.22. The van der Waals surface area contributed by atoms with Crippen molar-refractivity contribution in [1.82, 2.24) is 19.6 Å². The van der Waals surface area contributed by atoms with Crippen LogP contribution in [0.3, 0.4) is 0 Å². The molecule has 2 aromatic heterocycles. The molecule has 0 fully saturated rings. The zero-order chi connectivity index (χ0) is 15.0. The third-order valence-electron chi connectivity index (χ3n) is 3.49. The molecule has 0 unspecified atom stereocenters. The molecule has 0 aliphatic heterocycles. The highest BCUT2D eigenvalue weighted by Crippen LogP contribution is 2.22. The number of hydrogen-bond acceptors (Lipinski definition) is 3. The second-order valence-electron chi connectivity index (χ2n) is 4.86. The van der Waals surface area contributed by atoms with E-state index in [0.29, 0.717) is 5.02 Å². The average Bonchev–Trinajstić information content (AvgIpc) is 2.84.